The largest absolute Gasteiger partial charge is 0.507 e. The number of nitrogens with two attached hydrogens (primary N) is 1. The number of carbonyl (C=O) groups is 1. The molecule has 5 aromatic rings. The first-order valence-corrected chi connectivity index (χ1v) is 11.9. The molecule has 0 aliphatic heterocycles. The van der Waals surface area contributed by atoms with Gasteiger partial charge in [0.1, 0.15) is 22.9 Å². The zero-order chi connectivity index (χ0) is 28.4. The van der Waals surface area contributed by atoms with Crippen LogP contribution in [0.5, 0.6) is 17.2 Å². The van der Waals surface area contributed by atoms with E-state index in [0.29, 0.717) is 22.6 Å². The van der Waals surface area contributed by atoms with E-state index < -0.39 is 23.1 Å². The number of ether oxygens (including phenoxy) is 1. The van der Waals surface area contributed by atoms with Crippen LogP contribution in [0.25, 0.3) is 16.9 Å². The Hall–Kier alpha value is -5.58. The molecule has 0 unspecified atom stereocenters. The topological polar surface area (TPSA) is 132 Å². The minimum atomic E-state index is -0.786. The lowest BCUT2D eigenvalue weighted by atomic mass is 10.1. The van der Waals surface area contributed by atoms with Gasteiger partial charge in [0.25, 0.3) is 11.5 Å². The van der Waals surface area contributed by atoms with Crippen LogP contribution in [0.1, 0.15) is 16.1 Å². The van der Waals surface area contributed by atoms with E-state index in [9.17, 15) is 23.5 Å². The molecular weight excluding hydrogens is 520 g/mol. The number of phenols is 1. The van der Waals surface area contributed by atoms with E-state index >= 15 is 0 Å². The molecule has 9 nitrogen and oxygen atoms in total. The lowest BCUT2D eigenvalue weighted by Gasteiger charge is -2.13. The summed E-state index contributed by atoms with van der Waals surface area (Å²) < 4.78 is 35.2. The van der Waals surface area contributed by atoms with Crippen molar-refractivity contribution in [3.05, 3.63) is 118 Å². The molecule has 2 heterocycles. The molecule has 0 saturated carbocycles. The van der Waals surface area contributed by atoms with Gasteiger partial charge in [-0.2, -0.15) is 0 Å². The fourth-order valence-electron chi connectivity index (χ4n) is 4.01. The Balaban J connectivity index is 1.36. The standard InChI is InChI=1S/C29H21F2N5O4/c1-16-2-9-21(28(39)36(16)19-6-3-17(30)4-7-19)27(38)34-18-5-11-26(23(31)14-18)40-20-8-10-25(37)22(15-20)24-12-13-33-29(32)35-24/h2-15,37H,1H3,(H,34,38)(H2,32,33,35). The fourth-order valence-corrected chi connectivity index (χ4v) is 4.01. The molecule has 1 amide bonds. The van der Waals surface area contributed by atoms with E-state index in [1.807, 2.05) is 0 Å². The highest BCUT2D eigenvalue weighted by molar-refractivity contribution is 6.04. The molecule has 3 aromatic carbocycles. The van der Waals surface area contributed by atoms with Gasteiger partial charge in [0.05, 0.1) is 5.69 Å². The predicted octanol–water partition coefficient (Wildman–Crippen LogP) is 5.21. The Morgan fingerprint density at radius 1 is 1.00 bits per heavy atom. The average molecular weight is 542 g/mol. The minimum Gasteiger partial charge on any atom is -0.507 e. The zero-order valence-corrected chi connectivity index (χ0v) is 20.9. The van der Waals surface area contributed by atoms with Crippen LogP contribution in [0.3, 0.4) is 0 Å². The number of aromatic hydroxyl groups is 1. The van der Waals surface area contributed by atoms with Gasteiger partial charge in [0, 0.05) is 34.9 Å². The number of pyridine rings is 1. The maximum absolute atomic E-state index is 14.9. The lowest BCUT2D eigenvalue weighted by Crippen LogP contribution is -2.29. The first-order valence-electron chi connectivity index (χ1n) is 11.9. The maximum atomic E-state index is 14.9. The predicted molar refractivity (Wildman–Crippen MR) is 145 cm³/mol. The number of benzene rings is 3. The fraction of sp³-hybridized carbons (Fsp3) is 0.0345. The summed E-state index contributed by atoms with van der Waals surface area (Å²) in [5.74, 6) is -2.00. The van der Waals surface area contributed by atoms with Gasteiger partial charge in [-0.15, -0.1) is 0 Å². The van der Waals surface area contributed by atoms with Crippen LogP contribution in [-0.4, -0.2) is 25.5 Å². The van der Waals surface area contributed by atoms with Gasteiger partial charge in [-0.3, -0.25) is 14.2 Å². The van der Waals surface area contributed by atoms with Crippen LogP contribution in [0.15, 0.2) is 89.9 Å². The Bertz CT molecular complexity index is 1810. The number of carbonyl (C=O) groups excluding carboxylic acids is 1. The molecule has 4 N–H and O–H groups in total. The van der Waals surface area contributed by atoms with E-state index in [0.717, 1.165) is 6.07 Å². The van der Waals surface area contributed by atoms with Gasteiger partial charge in [-0.1, -0.05) is 0 Å². The molecule has 0 atom stereocenters. The van der Waals surface area contributed by atoms with Crippen LogP contribution < -0.4 is 21.3 Å². The third-order valence-corrected chi connectivity index (χ3v) is 5.94. The number of rotatable bonds is 6. The first-order chi connectivity index (χ1) is 19.2. The number of hydrogen-bond acceptors (Lipinski definition) is 7. The van der Waals surface area contributed by atoms with E-state index in [4.69, 9.17) is 10.5 Å². The number of halogens is 2. The van der Waals surface area contributed by atoms with Gasteiger partial charge in [-0.25, -0.2) is 18.7 Å². The molecule has 2 aromatic heterocycles. The highest BCUT2D eigenvalue weighted by atomic mass is 19.1. The van der Waals surface area contributed by atoms with Crippen molar-refractivity contribution in [3.63, 3.8) is 0 Å². The molecule has 0 saturated heterocycles. The van der Waals surface area contributed by atoms with Crippen molar-refractivity contribution >= 4 is 17.5 Å². The average Bonchev–Trinajstić information content (AvgIpc) is 2.92. The third-order valence-electron chi connectivity index (χ3n) is 5.94. The maximum Gasteiger partial charge on any atom is 0.268 e. The van der Waals surface area contributed by atoms with Crippen molar-refractivity contribution < 1.29 is 23.4 Å². The Morgan fingerprint density at radius 3 is 2.50 bits per heavy atom. The number of nitrogens with zero attached hydrogens (tertiary/aromatic N) is 3. The summed E-state index contributed by atoms with van der Waals surface area (Å²) in [4.78, 5) is 33.9. The van der Waals surface area contributed by atoms with E-state index in [2.05, 4.69) is 15.3 Å². The SMILES string of the molecule is Cc1ccc(C(=O)Nc2ccc(Oc3ccc(O)c(-c4ccnc(N)n4)c3)c(F)c2)c(=O)n1-c1ccc(F)cc1. The molecule has 0 aliphatic carbocycles. The summed E-state index contributed by atoms with van der Waals surface area (Å²) in [7, 11) is 0. The molecule has 40 heavy (non-hydrogen) atoms. The van der Waals surface area contributed by atoms with Crippen molar-refractivity contribution in [1.29, 1.82) is 0 Å². The number of aryl methyl sites for hydroxylation is 1. The summed E-state index contributed by atoms with van der Waals surface area (Å²) in [5.41, 5.74) is 6.51. The number of nitrogens with one attached hydrogen (secondary N) is 1. The second-order valence-corrected chi connectivity index (χ2v) is 8.69. The summed E-state index contributed by atoms with van der Waals surface area (Å²) in [6, 6.07) is 17.8. The second kappa shape index (κ2) is 10.7. The quantitative estimate of drug-likeness (QED) is 0.269. The van der Waals surface area contributed by atoms with Crippen molar-refractivity contribution in [3.8, 4) is 34.2 Å². The molecule has 0 radical (unpaired) electrons. The summed E-state index contributed by atoms with van der Waals surface area (Å²) in [6.07, 6.45) is 1.44. The van der Waals surface area contributed by atoms with Crippen molar-refractivity contribution in [2.75, 3.05) is 11.1 Å². The van der Waals surface area contributed by atoms with Crippen LogP contribution in [0, 0.1) is 18.6 Å². The van der Waals surface area contributed by atoms with Crippen molar-refractivity contribution in [2.45, 2.75) is 6.92 Å². The molecule has 5 rings (SSSR count). The molecule has 11 heteroatoms. The second-order valence-electron chi connectivity index (χ2n) is 8.69. The van der Waals surface area contributed by atoms with Crippen LogP contribution in [-0.2, 0) is 0 Å². The molecule has 0 spiro atoms. The smallest absolute Gasteiger partial charge is 0.268 e. The number of aromatic nitrogens is 3. The van der Waals surface area contributed by atoms with Gasteiger partial charge in [0.15, 0.2) is 11.6 Å². The summed E-state index contributed by atoms with van der Waals surface area (Å²) in [5, 5.41) is 12.7. The Labute approximate surface area is 226 Å². The van der Waals surface area contributed by atoms with Crippen molar-refractivity contribution in [2.24, 2.45) is 0 Å². The van der Waals surface area contributed by atoms with Gasteiger partial charge < -0.3 is 20.9 Å². The Kier molecular flexibility index (Phi) is 6.94. The van der Waals surface area contributed by atoms with Crippen LogP contribution in [0.4, 0.5) is 20.4 Å². The summed E-state index contributed by atoms with van der Waals surface area (Å²) in [6.45, 7) is 1.68. The number of anilines is 2. The molecule has 0 fully saturated rings. The Morgan fingerprint density at radius 2 is 1.77 bits per heavy atom. The molecule has 200 valence electrons. The van der Waals surface area contributed by atoms with Gasteiger partial charge >= 0.3 is 0 Å². The number of nitrogen functional groups attached to an aromatic ring is 1. The monoisotopic (exact) mass is 541 g/mol. The van der Waals surface area contributed by atoms with Crippen molar-refractivity contribution in [1.82, 2.24) is 14.5 Å². The van der Waals surface area contributed by atoms with E-state index in [1.165, 1.54) is 71.4 Å². The van der Waals surface area contributed by atoms with Crippen LogP contribution in [0.2, 0.25) is 0 Å². The third kappa shape index (κ3) is 5.34. The van der Waals surface area contributed by atoms with Crippen LogP contribution >= 0.6 is 0 Å². The minimum absolute atomic E-state index is 0.0203. The lowest BCUT2D eigenvalue weighted by molar-refractivity contribution is 0.102. The first kappa shape index (κ1) is 26.0. The molecular formula is C29H21F2N5O4. The number of phenolic OH excluding ortho intramolecular Hbond substituents is 1. The van der Waals surface area contributed by atoms with Gasteiger partial charge in [-0.05, 0) is 79.7 Å². The highest BCUT2D eigenvalue weighted by Gasteiger charge is 2.17. The molecule has 0 aliphatic rings. The summed E-state index contributed by atoms with van der Waals surface area (Å²) >= 11 is 0. The number of amides is 1. The molecule has 0 bridgehead atoms. The van der Waals surface area contributed by atoms with E-state index in [-0.39, 0.29) is 34.4 Å². The highest BCUT2D eigenvalue weighted by Crippen LogP contribution is 2.34. The van der Waals surface area contributed by atoms with Gasteiger partial charge in [0.2, 0.25) is 5.95 Å². The zero-order valence-electron chi connectivity index (χ0n) is 20.9. The van der Waals surface area contributed by atoms with E-state index in [1.54, 1.807) is 19.1 Å². The number of hydrogen-bond donors (Lipinski definition) is 3. The normalized spacial score (nSPS) is 10.8.